The van der Waals surface area contributed by atoms with Gasteiger partial charge in [0.15, 0.2) is 0 Å². The molecule has 0 aliphatic carbocycles. The fourth-order valence-electron chi connectivity index (χ4n) is 1.81. The van der Waals surface area contributed by atoms with Gasteiger partial charge in [0.05, 0.1) is 5.02 Å². The molecule has 0 radical (unpaired) electrons. The molecule has 0 spiro atoms. The number of rotatable bonds is 5. The van der Waals surface area contributed by atoms with Crippen LogP contribution in [0.1, 0.15) is 51.5 Å². The summed E-state index contributed by atoms with van der Waals surface area (Å²) < 4.78 is 7.01. The zero-order valence-electron chi connectivity index (χ0n) is 13.2. The third-order valence-corrected chi connectivity index (χ3v) is 2.87. The summed E-state index contributed by atoms with van der Waals surface area (Å²) in [5.74, 6) is -0.802. The van der Waals surface area contributed by atoms with Crippen molar-refractivity contribution in [3.8, 4) is 0 Å². The summed E-state index contributed by atoms with van der Waals surface area (Å²) in [6, 6.07) is 0.870. The Morgan fingerprint density at radius 3 is 2.57 bits per heavy atom. The van der Waals surface area contributed by atoms with Crippen molar-refractivity contribution >= 4 is 23.5 Å². The highest BCUT2D eigenvalue weighted by Gasteiger charge is 2.24. The predicted octanol–water partition coefficient (Wildman–Crippen LogP) is 3.01. The highest BCUT2D eigenvalue weighted by molar-refractivity contribution is 6.31. The van der Waals surface area contributed by atoms with E-state index in [-0.39, 0.29) is 5.91 Å². The lowest BCUT2D eigenvalue weighted by Crippen LogP contribution is -2.42. The summed E-state index contributed by atoms with van der Waals surface area (Å²) in [5, 5.41) is 3.14. The van der Waals surface area contributed by atoms with Crippen LogP contribution in [0.3, 0.4) is 0 Å². The highest BCUT2D eigenvalue weighted by atomic mass is 35.5. The van der Waals surface area contributed by atoms with Crippen LogP contribution in [0.4, 0.5) is 0 Å². The van der Waals surface area contributed by atoms with Crippen LogP contribution in [0.25, 0.3) is 0 Å². The van der Waals surface area contributed by atoms with Crippen LogP contribution in [0.5, 0.6) is 0 Å². The average Bonchev–Trinajstić information content (AvgIpc) is 2.68. The number of esters is 1. The maximum Gasteiger partial charge on any atom is 0.328 e. The molecule has 1 N–H and O–H groups in total. The monoisotopic (exact) mass is 314 g/mol. The number of ether oxygens (including phenoxy) is 1. The van der Waals surface area contributed by atoms with Gasteiger partial charge in [0.2, 0.25) is 0 Å². The summed E-state index contributed by atoms with van der Waals surface area (Å²) in [7, 11) is 0. The lowest BCUT2D eigenvalue weighted by molar-refractivity contribution is -0.156. The van der Waals surface area contributed by atoms with Crippen LogP contribution in [0.2, 0.25) is 5.02 Å². The first-order valence-electron chi connectivity index (χ1n) is 7.03. The minimum atomic E-state index is -0.722. The van der Waals surface area contributed by atoms with Gasteiger partial charge in [0.1, 0.15) is 17.3 Å². The molecule has 1 aromatic rings. The molecule has 118 valence electrons. The lowest BCUT2D eigenvalue weighted by Gasteiger charge is -2.22. The number of aromatic nitrogens is 1. The number of amides is 1. The minimum Gasteiger partial charge on any atom is -0.458 e. The Hall–Kier alpha value is -1.49. The van der Waals surface area contributed by atoms with E-state index in [1.807, 2.05) is 6.92 Å². The van der Waals surface area contributed by atoms with E-state index in [4.69, 9.17) is 16.3 Å². The van der Waals surface area contributed by atoms with Crippen molar-refractivity contribution in [3.05, 3.63) is 23.0 Å². The van der Waals surface area contributed by atoms with Gasteiger partial charge >= 0.3 is 5.97 Å². The second kappa shape index (κ2) is 6.98. The number of hydrogen-bond donors (Lipinski definition) is 1. The van der Waals surface area contributed by atoms with Crippen LogP contribution >= 0.6 is 11.6 Å². The topological polar surface area (TPSA) is 60.3 Å². The molecule has 0 aromatic carbocycles. The van der Waals surface area contributed by atoms with E-state index in [2.05, 4.69) is 5.32 Å². The zero-order chi connectivity index (χ0) is 16.2. The quantitative estimate of drug-likeness (QED) is 0.850. The van der Waals surface area contributed by atoms with E-state index < -0.39 is 17.6 Å². The standard InChI is InChI=1S/C15H23ClN2O3/c1-6-7-18-9-11(16)8-12(18)13(19)17-10(2)14(20)21-15(3,4)5/h8-10H,6-7H2,1-5H3,(H,17,19)/t10-/m1/s1. The Balaban J connectivity index is 2.74. The molecular formula is C15H23ClN2O3. The number of hydrogen-bond acceptors (Lipinski definition) is 3. The van der Waals surface area contributed by atoms with Gasteiger partial charge in [-0.3, -0.25) is 4.79 Å². The third-order valence-electron chi connectivity index (χ3n) is 2.67. The van der Waals surface area contributed by atoms with Crippen molar-refractivity contribution in [2.45, 2.75) is 59.2 Å². The normalized spacial score (nSPS) is 12.9. The Morgan fingerprint density at radius 1 is 1.43 bits per heavy atom. The first kappa shape index (κ1) is 17.6. The maximum atomic E-state index is 12.2. The van der Waals surface area contributed by atoms with Gasteiger partial charge in [0.25, 0.3) is 5.91 Å². The summed E-state index contributed by atoms with van der Waals surface area (Å²) in [5.41, 5.74) is -0.140. The van der Waals surface area contributed by atoms with E-state index in [0.717, 1.165) is 6.42 Å². The van der Waals surface area contributed by atoms with Crippen LogP contribution in [-0.2, 0) is 16.1 Å². The Morgan fingerprint density at radius 2 is 2.05 bits per heavy atom. The van der Waals surface area contributed by atoms with Crippen molar-refractivity contribution in [1.29, 1.82) is 0 Å². The minimum absolute atomic E-state index is 0.339. The lowest BCUT2D eigenvalue weighted by atomic mass is 10.2. The first-order valence-corrected chi connectivity index (χ1v) is 7.41. The number of halogens is 1. The van der Waals surface area contributed by atoms with Crippen molar-refractivity contribution in [2.24, 2.45) is 0 Å². The summed E-state index contributed by atoms with van der Waals surface area (Å²) in [6.07, 6.45) is 2.59. The molecule has 0 bridgehead atoms. The number of nitrogens with zero attached hydrogens (tertiary/aromatic N) is 1. The van der Waals surface area contributed by atoms with Crippen molar-refractivity contribution in [3.63, 3.8) is 0 Å². The van der Waals surface area contributed by atoms with Crippen molar-refractivity contribution < 1.29 is 14.3 Å². The molecule has 0 unspecified atom stereocenters. The molecule has 1 heterocycles. The number of carbonyl (C=O) groups excluding carboxylic acids is 2. The molecule has 21 heavy (non-hydrogen) atoms. The number of nitrogens with one attached hydrogen (secondary N) is 1. The summed E-state index contributed by atoms with van der Waals surface area (Å²) in [4.78, 5) is 24.1. The molecule has 1 rings (SSSR count). The van der Waals surface area contributed by atoms with E-state index >= 15 is 0 Å². The average molecular weight is 315 g/mol. The van der Waals surface area contributed by atoms with Gasteiger partial charge in [-0.25, -0.2) is 4.79 Å². The predicted molar refractivity (Wildman–Crippen MR) is 82.5 cm³/mol. The smallest absolute Gasteiger partial charge is 0.328 e. The highest BCUT2D eigenvalue weighted by Crippen LogP contribution is 2.15. The Kier molecular flexibility index (Phi) is 5.84. The Labute approximate surface area is 130 Å². The first-order chi connectivity index (χ1) is 9.64. The third kappa shape index (κ3) is 5.42. The molecule has 6 heteroatoms. The van der Waals surface area contributed by atoms with Crippen molar-refractivity contribution in [1.82, 2.24) is 9.88 Å². The van der Waals surface area contributed by atoms with Crippen LogP contribution < -0.4 is 5.32 Å². The van der Waals surface area contributed by atoms with E-state index in [1.54, 1.807) is 44.5 Å². The molecule has 5 nitrogen and oxygen atoms in total. The second-order valence-electron chi connectivity index (χ2n) is 5.97. The van der Waals surface area contributed by atoms with Gasteiger partial charge in [-0.15, -0.1) is 0 Å². The fraction of sp³-hybridized carbons (Fsp3) is 0.600. The maximum absolute atomic E-state index is 12.2. The molecule has 0 aliphatic heterocycles. The van der Waals surface area contributed by atoms with Gasteiger partial charge < -0.3 is 14.6 Å². The van der Waals surface area contributed by atoms with Gasteiger partial charge in [-0.1, -0.05) is 18.5 Å². The fourth-order valence-corrected chi connectivity index (χ4v) is 2.03. The number of aryl methyl sites for hydroxylation is 1. The SMILES string of the molecule is CCCn1cc(Cl)cc1C(=O)N[C@H](C)C(=O)OC(C)(C)C. The van der Waals surface area contributed by atoms with Gasteiger partial charge in [0, 0.05) is 12.7 Å². The molecule has 1 atom stereocenters. The second-order valence-corrected chi connectivity index (χ2v) is 6.40. The zero-order valence-corrected chi connectivity index (χ0v) is 14.0. The van der Waals surface area contributed by atoms with Crippen LogP contribution in [0.15, 0.2) is 12.3 Å². The largest absolute Gasteiger partial charge is 0.458 e. The van der Waals surface area contributed by atoms with E-state index in [9.17, 15) is 9.59 Å². The molecule has 0 saturated heterocycles. The van der Waals surface area contributed by atoms with E-state index in [0.29, 0.717) is 17.3 Å². The Bertz CT molecular complexity index is 517. The molecule has 0 fully saturated rings. The van der Waals surface area contributed by atoms with E-state index in [1.165, 1.54) is 0 Å². The summed E-state index contributed by atoms with van der Waals surface area (Å²) >= 11 is 5.94. The molecular weight excluding hydrogens is 292 g/mol. The van der Waals surface area contributed by atoms with Gasteiger partial charge in [-0.05, 0) is 40.2 Å². The molecule has 1 amide bonds. The van der Waals surface area contributed by atoms with Crippen molar-refractivity contribution in [2.75, 3.05) is 0 Å². The van der Waals surface area contributed by atoms with Crippen LogP contribution in [0, 0.1) is 0 Å². The molecule has 1 aromatic heterocycles. The number of carbonyl (C=O) groups is 2. The molecule has 0 aliphatic rings. The van der Waals surface area contributed by atoms with Crippen LogP contribution in [-0.4, -0.2) is 28.1 Å². The molecule has 0 saturated carbocycles. The summed E-state index contributed by atoms with van der Waals surface area (Å²) in [6.45, 7) is 9.65. The van der Waals surface area contributed by atoms with Gasteiger partial charge in [-0.2, -0.15) is 0 Å².